The van der Waals surface area contributed by atoms with Gasteiger partial charge in [-0.15, -0.1) is 0 Å². The van der Waals surface area contributed by atoms with Gasteiger partial charge in [0.2, 0.25) is 5.52 Å². The first-order chi connectivity index (χ1) is 15.7. The van der Waals surface area contributed by atoms with E-state index < -0.39 is 13.3 Å². The Morgan fingerprint density at radius 3 is 1.82 bits per heavy atom. The van der Waals surface area contributed by atoms with Crippen molar-refractivity contribution in [1.29, 1.82) is 0 Å². The average Bonchev–Trinajstić information content (AvgIpc) is 2.82. The molecule has 3 aromatic carbocycles. The van der Waals surface area contributed by atoms with Crippen LogP contribution in [-0.2, 0) is 4.57 Å². The van der Waals surface area contributed by atoms with Gasteiger partial charge in [0.1, 0.15) is 22.6 Å². The van der Waals surface area contributed by atoms with Gasteiger partial charge in [0.05, 0.1) is 21.3 Å². The number of methoxy groups -OCH3 is 3. The van der Waals surface area contributed by atoms with E-state index in [-0.39, 0.29) is 28.2 Å². The first-order valence-electron chi connectivity index (χ1n) is 10.3. The van der Waals surface area contributed by atoms with Crippen LogP contribution in [0.5, 0.6) is 17.2 Å². The van der Waals surface area contributed by atoms with Crippen molar-refractivity contribution in [2.24, 2.45) is 0 Å². The van der Waals surface area contributed by atoms with Crippen molar-refractivity contribution in [2.75, 3.05) is 21.3 Å². The van der Waals surface area contributed by atoms with Crippen LogP contribution < -0.4 is 19.5 Å². The highest BCUT2D eigenvalue weighted by Crippen LogP contribution is 2.40. The highest BCUT2D eigenvalue weighted by molar-refractivity contribution is 7.72. The van der Waals surface area contributed by atoms with Crippen LogP contribution in [0.1, 0.15) is 43.0 Å². The van der Waals surface area contributed by atoms with Crippen molar-refractivity contribution in [3.63, 3.8) is 0 Å². The van der Waals surface area contributed by atoms with E-state index in [1.165, 1.54) is 21.3 Å². The molecule has 7 heteroatoms. The second-order valence-corrected chi connectivity index (χ2v) is 9.00. The van der Waals surface area contributed by atoms with Crippen LogP contribution in [0.25, 0.3) is 0 Å². The van der Waals surface area contributed by atoms with Crippen LogP contribution >= 0.6 is 7.80 Å². The SMILES string of the molecule is COc1cc(OC)c([P](=O)C(=O)c2c(C)cc(C)c(C(=O)c3ccccc3)c2C)c(OC)c1. The lowest BCUT2D eigenvalue weighted by Gasteiger charge is -2.17. The molecule has 0 aliphatic carbocycles. The monoisotopic (exact) mass is 465 g/mol. The highest BCUT2D eigenvalue weighted by Gasteiger charge is 2.30. The maximum Gasteiger partial charge on any atom is 0.247 e. The molecule has 0 spiro atoms. The number of ether oxygens (including phenoxy) is 3. The molecule has 33 heavy (non-hydrogen) atoms. The fraction of sp³-hybridized carbons (Fsp3) is 0.231. The van der Waals surface area contributed by atoms with E-state index in [2.05, 4.69) is 0 Å². The summed E-state index contributed by atoms with van der Waals surface area (Å²) in [7, 11) is 1.71. The van der Waals surface area contributed by atoms with Gasteiger partial charge >= 0.3 is 0 Å². The molecule has 0 aromatic heterocycles. The largest absolute Gasteiger partial charge is 0.496 e. The van der Waals surface area contributed by atoms with E-state index in [1.807, 2.05) is 13.0 Å². The third kappa shape index (κ3) is 4.53. The Morgan fingerprint density at radius 2 is 1.30 bits per heavy atom. The molecule has 6 nitrogen and oxygen atoms in total. The molecule has 1 radical (unpaired) electrons. The number of ketones is 1. The molecular weight excluding hydrogens is 439 g/mol. The van der Waals surface area contributed by atoms with Crippen LogP contribution in [0.3, 0.4) is 0 Å². The molecule has 0 aliphatic heterocycles. The molecule has 0 fully saturated rings. The third-order valence-corrected chi connectivity index (χ3v) is 6.96. The minimum Gasteiger partial charge on any atom is -0.496 e. The molecule has 1 atom stereocenters. The zero-order valence-corrected chi connectivity index (χ0v) is 20.4. The topological polar surface area (TPSA) is 78.9 Å². The van der Waals surface area contributed by atoms with E-state index in [9.17, 15) is 14.2 Å². The summed E-state index contributed by atoms with van der Waals surface area (Å²) in [5.41, 5.74) is 2.53. The molecule has 0 saturated heterocycles. The Balaban J connectivity index is 2.16. The van der Waals surface area contributed by atoms with E-state index in [0.717, 1.165) is 5.56 Å². The van der Waals surface area contributed by atoms with Crippen molar-refractivity contribution >= 4 is 24.4 Å². The van der Waals surface area contributed by atoms with Crippen molar-refractivity contribution in [2.45, 2.75) is 20.8 Å². The Kier molecular flexibility index (Phi) is 7.29. The number of carbonyl (C=O) groups is 2. The lowest BCUT2D eigenvalue weighted by molar-refractivity contribution is 0.103. The van der Waals surface area contributed by atoms with Crippen LogP contribution in [0, 0.1) is 20.8 Å². The molecule has 0 amide bonds. The summed E-state index contributed by atoms with van der Waals surface area (Å²) in [5, 5.41) is 0.149. The fourth-order valence-corrected chi connectivity index (χ4v) is 5.45. The molecule has 0 aliphatic rings. The van der Waals surface area contributed by atoms with E-state index in [0.29, 0.717) is 28.0 Å². The molecule has 0 N–H and O–H groups in total. The molecule has 0 bridgehead atoms. The minimum absolute atomic E-state index is 0.149. The van der Waals surface area contributed by atoms with E-state index >= 15 is 0 Å². The summed E-state index contributed by atoms with van der Waals surface area (Å²) in [5.74, 6) is 0.712. The van der Waals surface area contributed by atoms with Crippen LogP contribution in [-0.4, -0.2) is 32.6 Å². The van der Waals surface area contributed by atoms with Crippen molar-refractivity contribution < 1.29 is 28.4 Å². The van der Waals surface area contributed by atoms with Crippen molar-refractivity contribution in [1.82, 2.24) is 0 Å². The zero-order chi connectivity index (χ0) is 24.3. The van der Waals surface area contributed by atoms with Crippen LogP contribution in [0.15, 0.2) is 48.5 Å². The summed E-state index contributed by atoms with van der Waals surface area (Å²) < 4.78 is 29.6. The van der Waals surface area contributed by atoms with Gasteiger partial charge in [0.15, 0.2) is 13.6 Å². The van der Waals surface area contributed by atoms with Crippen molar-refractivity contribution in [3.8, 4) is 17.2 Å². The third-order valence-electron chi connectivity index (χ3n) is 5.53. The maximum atomic E-state index is 13.6. The lowest BCUT2D eigenvalue weighted by atomic mass is 9.89. The first kappa shape index (κ1) is 24.1. The van der Waals surface area contributed by atoms with Gasteiger partial charge in [0.25, 0.3) is 0 Å². The number of rotatable bonds is 8. The summed E-state index contributed by atoms with van der Waals surface area (Å²) in [6, 6.07) is 13.8. The Labute approximate surface area is 194 Å². The van der Waals surface area contributed by atoms with Gasteiger partial charge in [-0.2, -0.15) is 0 Å². The number of carbonyl (C=O) groups excluding carboxylic acids is 2. The average molecular weight is 465 g/mol. The predicted octanol–water partition coefficient (Wildman–Crippen LogP) is 5.16. The summed E-state index contributed by atoms with van der Waals surface area (Å²) in [4.78, 5) is 26.8. The number of benzene rings is 3. The molecule has 0 heterocycles. The van der Waals surface area contributed by atoms with Crippen LogP contribution in [0.4, 0.5) is 0 Å². The summed E-state index contributed by atoms with van der Waals surface area (Å²) in [6.45, 7) is 5.32. The molecule has 171 valence electrons. The van der Waals surface area contributed by atoms with Gasteiger partial charge in [0, 0.05) is 28.8 Å². The van der Waals surface area contributed by atoms with Gasteiger partial charge in [-0.05, 0) is 37.5 Å². The Morgan fingerprint density at radius 1 is 0.758 bits per heavy atom. The lowest BCUT2D eigenvalue weighted by Crippen LogP contribution is -2.15. The summed E-state index contributed by atoms with van der Waals surface area (Å²) >= 11 is 0. The second-order valence-electron chi connectivity index (χ2n) is 7.56. The molecule has 3 rings (SSSR count). The van der Waals surface area contributed by atoms with Gasteiger partial charge < -0.3 is 14.2 Å². The molecule has 1 unspecified atom stereocenters. The number of hydrogen-bond donors (Lipinski definition) is 0. The minimum atomic E-state index is -2.62. The zero-order valence-electron chi connectivity index (χ0n) is 19.5. The standard InChI is InChI=1S/C26H26O6P/c1-15-12-16(2)23(17(3)22(15)24(27)18-10-8-7-9-11-18)26(28)33(29)25-20(31-5)13-19(30-4)14-21(25)32-6/h7-14H,1-6H3. The summed E-state index contributed by atoms with van der Waals surface area (Å²) in [6.07, 6.45) is 0. The van der Waals surface area contributed by atoms with E-state index in [1.54, 1.807) is 56.3 Å². The predicted molar refractivity (Wildman–Crippen MR) is 128 cm³/mol. The van der Waals surface area contributed by atoms with Gasteiger partial charge in [-0.1, -0.05) is 36.4 Å². The second kappa shape index (κ2) is 9.97. The highest BCUT2D eigenvalue weighted by atomic mass is 31.1. The molecule has 3 aromatic rings. The Hall–Kier alpha value is -3.50. The number of aryl methyl sites for hydroxylation is 2. The molecular formula is C26H26O6P. The van der Waals surface area contributed by atoms with Gasteiger partial charge in [-0.3, -0.25) is 14.2 Å². The van der Waals surface area contributed by atoms with Gasteiger partial charge in [-0.25, -0.2) is 0 Å². The van der Waals surface area contributed by atoms with E-state index in [4.69, 9.17) is 14.2 Å². The smallest absolute Gasteiger partial charge is 0.247 e. The molecule has 0 saturated carbocycles. The Bertz CT molecular complexity index is 1220. The number of hydrogen-bond acceptors (Lipinski definition) is 6. The van der Waals surface area contributed by atoms with Crippen LogP contribution in [0.2, 0.25) is 0 Å². The normalized spacial score (nSPS) is 11.0. The quantitative estimate of drug-likeness (QED) is 0.338. The van der Waals surface area contributed by atoms with Crippen molar-refractivity contribution in [3.05, 3.63) is 81.9 Å². The first-order valence-corrected chi connectivity index (χ1v) is 11.5. The fourth-order valence-electron chi connectivity index (χ4n) is 3.99. The maximum absolute atomic E-state index is 13.6.